The highest BCUT2D eigenvalue weighted by Gasteiger charge is 2.04. The number of unbranched alkanes of at least 4 members (excludes halogenated alkanes) is 1. The van der Waals surface area contributed by atoms with Crippen molar-refractivity contribution in [2.24, 2.45) is 0 Å². The fraction of sp³-hybridized carbons (Fsp3) is 0.364. The predicted molar refractivity (Wildman–Crippen MR) is 56.7 cm³/mol. The third kappa shape index (κ3) is 3.48. The Bertz CT molecular complexity index is 293. The third-order valence-electron chi connectivity index (χ3n) is 1.98. The minimum Gasteiger partial charge on any atom is -0.396 e. The van der Waals surface area contributed by atoms with Crippen LogP contribution in [-0.4, -0.2) is 17.5 Å². The molecule has 0 fully saturated rings. The lowest BCUT2D eigenvalue weighted by Gasteiger charge is -2.00. The Kier molecular flexibility index (Phi) is 4.63. The van der Waals surface area contributed by atoms with Crippen LogP contribution in [-0.2, 0) is 0 Å². The monoisotopic (exact) mass is 212 g/mol. The number of halogens is 1. The van der Waals surface area contributed by atoms with Crippen molar-refractivity contribution in [3.63, 3.8) is 0 Å². The van der Waals surface area contributed by atoms with E-state index >= 15 is 0 Å². The SMILES string of the molecule is O=C(CCCCO)c1ccc(Cl)cc1. The van der Waals surface area contributed by atoms with Gasteiger partial charge in [0.25, 0.3) is 0 Å². The molecule has 14 heavy (non-hydrogen) atoms. The van der Waals surface area contributed by atoms with Gasteiger partial charge in [-0.2, -0.15) is 0 Å². The van der Waals surface area contributed by atoms with E-state index in [9.17, 15) is 4.79 Å². The van der Waals surface area contributed by atoms with E-state index in [2.05, 4.69) is 0 Å². The summed E-state index contributed by atoms with van der Waals surface area (Å²) in [5.74, 6) is 0.107. The highest BCUT2D eigenvalue weighted by molar-refractivity contribution is 6.30. The molecule has 0 aromatic heterocycles. The van der Waals surface area contributed by atoms with Crippen LogP contribution in [0.15, 0.2) is 24.3 Å². The van der Waals surface area contributed by atoms with Crippen LogP contribution >= 0.6 is 11.6 Å². The molecular formula is C11H13ClO2. The van der Waals surface area contributed by atoms with Crippen molar-refractivity contribution in [3.8, 4) is 0 Å². The zero-order valence-electron chi connectivity index (χ0n) is 7.87. The molecule has 1 rings (SSSR count). The number of Topliss-reactive ketones (excluding diaryl/α,β-unsaturated/α-hetero) is 1. The van der Waals surface area contributed by atoms with Gasteiger partial charge in [-0.05, 0) is 37.1 Å². The van der Waals surface area contributed by atoms with Crippen LogP contribution in [0.2, 0.25) is 5.02 Å². The minimum atomic E-state index is 0.107. The molecule has 0 radical (unpaired) electrons. The van der Waals surface area contributed by atoms with Gasteiger partial charge < -0.3 is 5.11 Å². The largest absolute Gasteiger partial charge is 0.396 e. The standard InChI is InChI=1S/C11H13ClO2/c12-10-6-4-9(5-7-10)11(14)3-1-2-8-13/h4-7,13H,1-3,8H2. The van der Waals surface area contributed by atoms with Crippen LogP contribution in [0, 0.1) is 0 Å². The molecule has 0 spiro atoms. The molecule has 0 bridgehead atoms. The van der Waals surface area contributed by atoms with E-state index < -0.39 is 0 Å². The van der Waals surface area contributed by atoms with E-state index in [4.69, 9.17) is 16.7 Å². The molecule has 0 amide bonds. The number of aliphatic hydroxyl groups is 1. The Hall–Kier alpha value is -0.860. The molecule has 2 nitrogen and oxygen atoms in total. The molecular weight excluding hydrogens is 200 g/mol. The number of carbonyl (C=O) groups is 1. The predicted octanol–water partition coefficient (Wildman–Crippen LogP) is 2.69. The summed E-state index contributed by atoms with van der Waals surface area (Å²) >= 11 is 5.70. The lowest BCUT2D eigenvalue weighted by atomic mass is 10.1. The minimum absolute atomic E-state index is 0.107. The third-order valence-corrected chi connectivity index (χ3v) is 2.23. The Morgan fingerprint density at radius 1 is 1.21 bits per heavy atom. The van der Waals surface area contributed by atoms with Crippen LogP contribution in [0.5, 0.6) is 0 Å². The summed E-state index contributed by atoms with van der Waals surface area (Å²) in [5, 5.41) is 9.19. The maximum Gasteiger partial charge on any atom is 0.162 e. The fourth-order valence-electron chi connectivity index (χ4n) is 1.18. The van der Waals surface area contributed by atoms with Gasteiger partial charge in [-0.1, -0.05) is 11.6 Å². The van der Waals surface area contributed by atoms with E-state index in [1.54, 1.807) is 24.3 Å². The Balaban J connectivity index is 2.48. The van der Waals surface area contributed by atoms with E-state index in [-0.39, 0.29) is 12.4 Å². The Morgan fingerprint density at radius 2 is 1.86 bits per heavy atom. The van der Waals surface area contributed by atoms with Gasteiger partial charge in [0.05, 0.1) is 0 Å². The van der Waals surface area contributed by atoms with Gasteiger partial charge in [-0.15, -0.1) is 0 Å². The van der Waals surface area contributed by atoms with Crippen LogP contribution in [0.1, 0.15) is 29.6 Å². The van der Waals surface area contributed by atoms with Crippen molar-refractivity contribution in [1.82, 2.24) is 0 Å². The van der Waals surface area contributed by atoms with E-state index in [1.165, 1.54) is 0 Å². The van der Waals surface area contributed by atoms with Crippen LogP contribution in [0.25, 0.3) is 0 Å². The number of rotatable bonds is 5. The lowest BCUT2D eigenvalue weighted by Crippen LogP contribution is -1.99. The molecule has 76 valence electrons. The van der Waals surface area contributed by atoms with Crippen molar-refractivity contribution in [3.05, 3.63) is 34.9 Å². The van der Waals surface area contributed by atoms with Gasteiger partial charge in [0.15, 0.2) is 5.78 Å². The molecule has 0 atom stereocenters. The molecule has 0 aliphatic carbocycles. The highest BCUT2D eigenvalue weighted by atomic mass is 35.5. The number of hydrogen-bond acceptors (Lipinski definition) is 2. The molecule has 0 saturated heterocycles. The maximum absolute atomic E-state index is 11.5. The average molecular weight is 213 g/mol. The van der Waals surface area contributed by atoms with Gasteiger partial charge in [-0.25, -0.2) is 0 Å². The van der Waals surface area contributed by atoms with Gasteiger partial charge in [-0.3, -0.25) is 4.79 Å². The molecule has 1 N–H and O–H groups in total. The number of ketones is 1. The first kappa shape index (κ1) is 11.2. The fourth-order valence-corrected chi connectivity index (χ4v) is 1.30. The van der Waals surface area contributed by atoms with Crippen molar-refractivity contribution >= 4 is 17.4 Å². The number of benzene rings is 1. The molecule has 1 aromatic carbocycles. The Morgan fingerprint density at radius 3 is 2.43 bits per heavy atom. The molecule has 3 heteroatoms. The molecule has 0 saturated carbocycles. The van der Waals surface area contributed by atoms with E-state index in [0.29, 0.717) is 23.4 Å². The average Bonchev–Trinajstić information content (AvgIpc) is 2.19. The summed E-state index contributed by atoms with van der Waals surface area (Å²) in [6, 6.07) is 6.87. The van der Waals surface area contributed by atoms with E-state index in [0.717, 1.165) is 6.42 Å². The highest BCUT2D eigenvalue weighted by Crippen LogP contribution is 2.12. The van der Waals surface area contributed by atoms with Gasteiger partial charge in [0.2, 0.25) is 0 Å². The molecule has 0 aliphatic rings. The smallest absolute Gasteiger partial charge is 0.162 e. The molecule has 0 unspecified atom stereocenters. The first-order chi connectivity index (χ1) is 6.74. The van der Waals surface area contributed by atoms with Gasteiger partial charge >= 0.3 is 0 Å². The van der Waals surface area contributed by atoms with Crippen molar-refractivity contribution in [2.45, 2.75) is 19.3 Å². The summed E-state index contributed by atoms with van der Waals surface area (Å²) in [6.45, 7) is 0.147. The first-order valence-electron chi connectivity index (χ1n) is 4.63. The second kappa shape index (κ2) is 5.78. The van der Waals surface area contributed by atoms with Crippen molar-refractivity contribution in [2.75, 3.05) is 6.61 Å². The van der Waals surface area contributed by atoms with Crippen molar-refractivity contribution in [1.29, 1.82) is 0 Å². The molecule has 1 aromatic rings. The Labute approximate surface area is 88.5 Å². The topological polar surface area (TPSA) is 37.3 Å². The van der Waals surface area contributed by atoms with E-state index in [1.807, 2.05) is 0 Å². The van der Waals surface area contributed by atoms with Crippen LogP contribution in [0.3, 0.4) is 0 Å². The summed E-state index contributed by atoms with van der Waals surface area (Å²) < 4.78 is 0. The van der Waals surface area contributed by atoms with Gasteiger partial charge in [0, 0.05) is 23.6 Å². The summed E-state index contributed by atoms with van der Waals surface area (Å²) in [7, 11) is 0. The van der Waals surface area contributed by atoms with Gasteiger partial charge in [0.1, 0.15) is 0 Å². The quantitative estimate of drug-likeness (QED) is 0.602. The maximum atomic E-state index is 11.5. The molecule has 0 aliphatic heterocycles. The first-order valence-corrected chi connectivity index (χ1v) is 5.01. The number of hydrogen-bond donors (Lipinski definition) is 1. The summed E-state index contributed by atoms with van der Waals surface area (Å²) in [5.41, 5.74) is 0.687. The van der Waals surface area contributed by atoms with Crippen LogP contribution in [0.4, 0.5) is 0 Å². The lowest BCUT2D eigenvalue weighted by molar-refractivity contribution is 0.0977. The molecule has 0 heterocycles. The normalized spacial score (nSPS) is 10.1. The van der Waals surface area contributed by atoms with Crippen LogP contribution < -0.4 is 0 Å². The zero-order valence-corrected chi connectivity index (χ0v) is 8.63. The van der Waals surface area contributed by atoms with Crippen molar-refractivity contribution < 1.29 is 9.90 Å². The zero-order chi connectivity index (χ0) is 10.4. The number of carbonyl (C=O) groups excluding carboxylic acids is 1. The summed E-state index contributed by atoms with van der Waals surface area (Å²) in [4.78, 5) is 11.5. The second-order valence-corrected chi connectivity index (χ2v) is 3.55. The summed E-state index contributed by atoms with van der Waals surface area (Å²) in [6.07, 6.45) is 1.90. The second-order valence-electron chi connectivity index (χ2n) is 3.11. The number of aliphatic hydroxyl groups excluding tert-OH is 1.